The summed E-state index contributed by atoms with van der Waals surface area (Å²) in [5, 5.41) is 12.5. The van der Waals surface area contributed by atoms with Crippen molar-refractivity contribution < 1.29 is 14.7 Å². The number of fused-ring (bicyclic) bond motifs is 1. The lowest BCUT2D eigenvalue weighted by Crippen LogP contribution is -2.44. The molecule has 0 radical (unpaired) electrons. The molecule has 2 rings (SSSR count). The third kappa shape index (κ3) is 3.37. The normalized spacial score (nSPS) is 12.4. The quantitative estimate of drug-likeness (QED) is 0.904. The molecule has 2 N–H and O–H groups in total. The second kappa shape index (κ2) is 5.91. The zero-order valence-electron chi connectivity index (χ0n) is 12.3. The second-order valence-electron chi connectivity index (χ2n) is 5.39. The number of aliphatic carboxylic acids is 1. The molecule has 0 spiro atoms. The Hall–Kier alpha value is -2.43. The largest absolute Gasteiger partial charge is 0.480 e. The van der Waals surface area contributed by atoms with Gasteiger partial charge in [-0.25, -0.2) is 4.79 Å². The van der Waals surface area contributed by atoms with Gasteiger partial charge in [0.05, 0.1) is 5.52 Å². The van der Waals surface area contributed by atoms with Gasteiger partial charge in [-0.2, -0.15) is 0 Å². The number of pyridine rings is 1. The molecular formula is C16H18N2O3. The van der Waals surface area contributed by atoms with Crippen molar-refractivity contribution in [2.45, 2.75) is 26.8 Å². The van der Waals surface area contributed by atoms with Crippen LogP contribution in [0.5, 0.6) is 0 Å². The van der Waals surface area contributed by atoms with Gasteiger partial charge in [0.25, 0.3) is 5.91 Å². The number of hydrogen-bond acceptors (Lipinski definition) is 3. The SMILES string of the molecule is Cc1ccc2cc(C(=O)N[C@H](C(=O)O)C(C)C)ccc2n1. The Labute approximate surface area is 123 Å². The van der Waals surface area contributed by atoms with Crippen molar-refractivity contribution in [1.82, 2.24) is 10.3 Å². The molecule has 0 bridgehead atoms. The first-order chi connectivity index (χ1) is 9.88. The zero-order valence-corrected chi connectivity index (χ0v) is 12.3. The molecule has 2 aromatic rings. The molecule has 0 saturated heterocycles. The van der Waals surface area contributed by atoms with Gasteiger partial charge in [0, 0.05) is 16.6 Å². The Morgan fingerprint density at radius 1 is 1.19 bits per heavy atom. The van der Waals surface area contributed by atoms with Crippen LogP contribution in [0, 0.1) is 12.8 Å². The van der Waals surface area contributed by atoms with Gasteiger partial charge in [-0.05, 0) is 37.1 Å². The van der Waals surface area contributed by atoms with Crippen molar-refractivity contribution in [2.24, 2.45) is 5.92 Å². The number of benzene rings is 1. The van der Waals surface area contributed by atoms with Crippen molar-refractivity contribution in [2.75, 3.05) is 0 Å². The maximum atomic E-state index is 12.2. The van der Waals surface area contributed by atoms with E-state index in [-0.39, 0.29) is 5.92 Å². The fourth-order valence-electron chi connectivity index (χ4n) is 2.11. The molecule has 0 saturated carbocycles. The van der Waals surface area contributed by atoms with E-state index in [0.29, 0.717) is 5.56 Å². The number of carboxylic acid groups (broad SMARTS) is 1. The number of rotatable bonds is 4. The van der Waals surface area contributed by atoms with E-state index in [1.54, 1.807) is 32.0 Å². The Morgan fingerprint density at radius 2 is 1.90 bits per heavy atom. The van der Waals surface area contributed by atoms with E-state index < -0.39 is 17.9 Å². The molecule has 0 aliphatic heterocycles. The first-order valence-electron chi connectivity index (χ1n) is 6.79. The van der Waals surface area contributed by atoms with Gasteiger partial charge in [0.15, 0.2) is 0 Å². The van der Waals surface area contributed by atoms with E-state index in [9.17, 15) is 9.59 Å². The van der Waals surface area contributed by atoms with Gasteiger partial charge < -0.3 is 10.4 Å². The summed E-state index contributed by atoms with van der Waals surface area (Å²) >= 11 is 0. The number of aryl methyl sites for hydroxylation is 1. The van der Waals surface area contributed by atoms with Crippen LogP contribution >= 0.6 is 0 Å². The molecule has 1 heterocycles. The maximum absolute atomic E-state index is 12.2. The molecule has 1 aromatic heterocycles. The number of nitrogens with zero attached hydrogens (tertiary/aromatic N) is 1. The van der Waals surface area contributed by atoms with Crippen LogP contribution in [-0.2, 0) is 4.79 Å². The number of hydrogen-bond donors (Lipinski definition) is 2. The number of nitrogens with one attached hydrogen (secondary N) is 1. The number of aromatic nitrogens is 1. The number of carbonyl (C=O) groups is 2. The lowest BCUT2D eigenvalue weighted by molar-refractivity contribution is -0.140. The minimum absolute atomic E-state index is 0.184. The molecule has 0 unspecified atom stereocenters. The summed E-state index contributed by atoms with van der Waals surface area (Å²) in [7, 11) is 0. The monoisotopic (exact) mass is 286 g/mol. The van der Waals surface area contributed by atoms with E-state index in [1.807, 2.05) is 19.1 Å². The molecule has 5 heteroatoms. The highest BCUT2D eigenvalue weighted by atomic mass is 16.4. The number of carbonyl (C=O) groups excluding carboxylic acids is 1. The van der Waals surface area contributed by atoms with Gasteiger partial charge in [-0.15, -0.1) is 0 Å². The summed E-state index contributed by atoms with van der Waals surface area (Å²) in [4.78, 5) is 27.7. The van der Waals surface area contributed by atoms with Crippen molar-refractivity contribution in [3.05, 3.63) is 41.6 Å². The topological polar surface area (TPSA) is 79.3 Å². The van der Waals surface area contributed by atoms with Crippen molar-refractivity contribution in [1.29, 1.82) is 0 Å². The summed E-state index contributed by atoms with van der Waals surface area (Å²) in [6.07, 6.45) is 0. The van der Waals surface area contributed by atoms with Crippen LogP contribution in [0.3, 0.4) is 0 Å². The van der Waals surface area contributed by atoms with Gasteiger partial charge in [-0.1, -0.05) is 19.9 Å². The van der Waals surface area contributed by atoms with E-state index in [0.717, 1.165) is 16.6 Å². The van der Waals surface area contributed by atoms with E-state index in [4.69, 9.17) is 5.11 Å². The average Bonchev–Trinajstić information content (AvgIpc) is 2.43. The van der Waals surface area contributed by atoms with Crippen LogP contribution in [-0.4, -0.2) is 28.0 Å². The Balaban J connectivity index is 2.27. The van der Waals surface area contributed by atoms with Crippen LogP contribution in [0.15, 0.2) is 30.3 Å². The average molecular weight is 286 g/mol. The summed E-state index contributed by atoms with van der Waals surface area (Å²) < 4.78 is 0. The molecule has 0 aliphatic rings. The van der Waals surface area contributed by atoms with Gasteiger partial charge in [-0.3, -0.25) is 9.78 Å². The fraction of sp³-hybridized carbons (Fsp3) is 0.312. The molecule has 110 valence electrons. The van der Waals surface area contributed by atoms with E-state index >= 15 is 0 Å². The molecule has 0 fully saturated rings. The molecular weight excluding hydrogens is 268 g/mol. The van der Waals surface area contributed by atoms with E-state index in [1.165, 1.54) is 0 Å². The highest BCUT2D eigenvalue weighted by Crippen LogP contribution is 2.15. The second-order valence-corrected chi connectivity index (χ2v) is 5.39. The molecule has 1 atom stereocenters. The number of amides is 1. The van der Waals surface area contributed by atoms with Crippen LogP contribution in [0.2, 0.25) is 0 Å². The third-order valence-electron chi connectivity index (χ3n) is 3.31. The first kappa shape index (κ1) is 15.0. The van der Waals surface area contributed by atoms with Crippen LogP contribution in [0.4, 0.5) is 0 Å². The minimum atomic E-state index is -1.03. The summed E-state index contributed by atoms with van der Waals surface area (Å²) in [5.74, 6) is -1.61. The molecule has 1 amide bonds. The maximum Gasteiger partial charge on any atom is 0.326 e. The van der Waals surface area contributed by atoms with Crippen LogP contribution in [0.25, 0.3) is 10.9 Å². The summed E-state index contributed by atoms with van der Waals surface area (Å²) in [5.41, 5.74) is 2.15. The van der Waals surface area contributed by atoms with Crippen molar-refractivity contribution >= 4 is 22.8 Å². The lowest BCUT2D eigenvalue weighted by Gasteiger charge is -2.18. The van der Waals surface area contributed by atoms with Gasteiger partial charge >= 0.3 is 5.97 Å². The fourth-order valence-corrected chi connectivity index (χ4v) is 2.11. The Kier molecular flexibility index (Phi) is 4.21. The minimum Gasteiger partial charge on any atom is -0.480 e. The predicted octanol–water partition coefficient (Wildman–Crippen LogP) is 2.38. The highest BCUT2D eigenvalue weighted by Gasteiger charge is 2.23. The number of carboxylic acids is 1. The van der Waals surface area contributed by atoms with Crippen LogP contribution < -0.4 is 5.32 Å². The highest BCUT2D eigenvalue weighted by molar-refractivity contribution is 5.99. The smallest absolute Gasteiger partial charge is 0.326 e. The van der Waals surface area contributed by atoms with Crippen molar-refractivity contribution in [3.63, 3.8) is 0 Å². The summed E-state index contributed by atoms with van der Waals surface area (Å²) in [6, 6.07) is 8.01. The third-order valence-corrected chi connectivity index (χ3v) is 3.31. The zero-order chi connectivity index (χ0) is 15.6. The molecule has 0 aliphatic carbocycles. The van der Waals surface area contributed by atoms with Crippen LogP contribution in [0.1, 0.15) is 29.9 Å². The first-order valence-corrected chi connectivity index (χ1v) is 6.79. The molecule has 5 nitrogen and oxygen atoms in total. The van der Waals surface area contributed by atoms with E-state index in [2.05, 4.69) is 10.3 Å². The Morgan fingerprint density at radius 3 is 2.52 bits per heavy atom. The predicted molar refractivity (Wildman–Crippen MR) is 80.2 cm³/mol. The van der Waals surface area contributed by atoms with Gasteiger partial charge in [0.1, 0.15) is 6.04 Å². The summed E-state index contributed by atoms with van der Waals surface area (Å²) in [6.45, 7) is 5.42. The standard InChI is InChI=1S/C16H18N2O3/c1-9(2)14(16(20)21)18-15(19)12-6-7-13-11(8-12)5-4-10(3)17-13/h4-9,14H,1-3H3,(H,18,19)(H,20,21)/t14-/m0/s1. The molecule has 21 heavy (non-hydrogen) atoms. The van der Waals surface area contributed by atoms with Crippen molar-refractivity contribution in [3.8, 4) is 0 Å². The molecule has 1 aromatic carbocycles. The lowest BCUT2D eigenvalue weighted by atomic mass is 10.0. The van der Waals surface area contributed by atoms with Gasteiger partial charge in [0.2, 0.25) is 0 Å². The Bertz CT molecular complexity index is 695.